The topological polar surface area (TPSA) is 66.4 Å². The van der Waals surface area contributed by atoms with Crippen LogP contribution < -0.4 is 5.32 Å². The second kappa shape index (κ2) is 6.82. The standard InChI is InChI=1S/C13H15F2NO3/c1-8(13(18)19)16-12(17)4-2-3-9-7-10(14)5-6-11(9)15/h5-8H,2-4H2,1H3,(H,16,17)(H,18,19). The summed E-state index contributed by atoms with van der Waals surface area (Å²) in [6.45, 7) is 1.35. The molecule has 0 aliphatic carbocycles. The molecule has 1 amide bonds. The zero-order chi connectivity index (χ0) is 14.4. The number of benzene rings is 1. The van der Waals surface area contributed by atoms with E-state index in [0.29, 0.717) is 6.42 Å². The van der Waals surface area contributed by atoms with E-state index < -0.39 is 29.6 Å². The van der Waals surface area contributed by atoms with Crippen molar-refractivity contribution >= 4 is 11.9 Å². The van der Waals surface area contributed by atoms with Crippen molar-refractivity contribution in [2.24, 2.45) is 0 Å². The predicted molar refractivity (Wildman–Crippen MR) is 64.5 cm³/mol. The van der Waals surface area contributed by atoms with E-state index in [9.17, 15) is 18.4 Å². The van der Waals surface area contributed by atoms with Gasteiger partial charge in [0.1, 0.15) is 17.7 Å². The number of aryl methyl sites for hydroxylation is 1. The van der Waals surface area contributed by atoms with E-state index in [1.807, 2.05) is 0 Å². The molecule has 0 heterocycles. The van der Waals surface area contributed by atoms with Gasteiger partial charge in [-0.3, -0.25) is 9.59 Å². The number of carboxylic acids is 1. The molecule has 0 aliphatic rings. The van der Waals surface area contributed by atoms with Crippen LogP contribution in [0.4, 0.5) is 8.78 Å². The zero-order valence-corrected chi connectivity index (χ0v) is 10.5. The second-order valence-corrected chi connectivity index (χ2v) is 4.22. The van der Waals surface area contributed by atoms with Crippen molar-refractivity contribution in [2.75, 3.05) is 0 Å². The molecule has 1 rings (SSSR count). The average molecular weight is 271 g/mol. The first kappa shape index (κ1) is 15.1. The number of carboxylic acid groups (broad SMARTS) is 1. The Morgan fingerprint density at radius 2 is 2.05 bits per heavy atom. The normalized spacial score (nSPS) is 11.9. The maximum Gasteiger partial charge on any atom is 0.325 e. The quantitative estimate of drug-likeness (QED) is 0.830. The summed E-state index contributed by atoms with van der Waals surface area (Å²) < 4.78 is 26.1. The van der Waals surface area contributed by atoms with Crippen molar-refractivity contribution in [2.45, 2.75) is 32.2 Å². The van der Waals surface area contributed by atoms with Crippen LogP contribution in [0, 0.1) is 11.6 Å². The fourth-order valence-electron chi connectivity index (χ4n) is 1.55. The van der Waals surface area contributed by atoms with Crippen LogP contribution in [0.25, 0.3) is 0 Å². The van der Waals surface area contributed by atoms with Crippen LogP contribution in [-0.4, -0.2) is 23.0 Å². The summed E-state index contributed by atoms with van der Waals surface area (Å²) in [5.74, 6) is -2.59. The molecule has 104 valence electrons. The molecule has 0 radical (unpaired) electrons. The Kier molecular flexibility index (Phi) is 5.41. The largest absolute Gasteiger partial charge is 0.480 e. The fourth-order valence-corrected chi connectivity index (χ4v) is 1.55. The van der Waals surface area contributed by atoms with Gasteiger partial charge in [-0.1, -0.05) is 0 Å². The average Bonchev–Trinajstić information content (AvgIpc) is 2.33. The van der Waals surface area contributed by atoms with Crippen LogP contribution in [0.1, 0.15) is 25.3 Å². The lowest BCUT2D eigenvalue weighted by molar-refractivity contribution is -0.141. The lowest BCUT2D eigenvalue weighted by atomic mass is 10.1. The van der Waals surface area contributed by atoms with E-state index in [1.165, 1.54) is 6.92 Å². The van der Waals surface area contributed by atoms with Crippen LogP contribution in [0.3, 0.4) is 0 Å². The number of hydrogen-bond donors (Lipinski definition) is 2. The van der Waals surface area contributed by atoms with Crippen molar-refractivity contribution in [3.05, 3.63) is 35.4 Å². The molecule has 0 aromatic heterocycles. The third kappa shape index (κ3) is 5.03. The third-order valence-electron chi connectivity index (χ3n) is 2.61. The highest BCUT2D eigenvalue weighted by Crippen LogP contribution is 2.12. The van der Waals surface area contributed by atoms with Gasteiger partial charge in [-0.15, -0.1) is 0 Å². The highest BCUT2D eigenvalue weighted by atomic mass is 19.1. The van der Waals surface area contributed by atoms with Gasteiger partial charge in [0, 0.05) is 6.42 Å². The number of carbonyl (C=O) groups excluding carboxylic acids is 1. The van der Waals surface area contributed by atoms with Gasteiger partial charge in [0.15, 0.2) is 0 Å². The number of halogens is 2. The van der Waals surface area contributed by atoms with E-state index in [1.54, 1.807) is 0 Å². The smallest absolute Gasteiger partial charge is 0.325 e. The molecule has 0 bridgehead atoms. The molecular formula is C13H15F2NO3. The van der Waals surface area contributed by atoms with Gasteiger partial charge in [0.05, 0.1) is 0 Å². The number of hydrogen-bond acceptors (Lipinski definition) is 2. The van der Waals surface area contributed by atoms with Crippen LogP contribution in [-0.2, 0) is 16.0 Å². The van der Waals surface area contributed by atoms with E-state index >= 15 is 0 Å². The summed E-state index contributed by atoms with van der Waals surface area (Å²) in [6, 6.07) is 2.20. The summed E-state index contributed by atoms with van der Waals surface area (Å²) in [6.07, 6.45) is 0.602. The lowest BCUT2D eigenvalue weighted by Crippen LogP contribution is -2.38. The monoisotopic (exact) mass is 271 g/mol. The number of nitrogens with one attached hydrogen (secondary N) is 1. The zero-order valence-electron chi connectivity index (χ0n) is 10.5. The minimum atomic E-state index is -1.12. The first-order chi connectivity index (χ1) is 8.90. The van der Waals surface area contributed by atoms with Gasteiger partial charge >= 0.3 is 5.97 Å². The van der Waals surface area contributed by atoms with Gasteiger partial charge in [0.2, 0.25) is 5.91 Å². The van der Waals surface area contributed by atoms with Crippen LogP contribution in [0.5, 0.6) is 0 Å². The van der Waals surface area contributed by atoms with Crippen LogP contribution in [0.15, 0.2) is 18.2 Å². The molecule has 6 heteroatoms. The molecule has 0 saturated heterocycles. The molecule has 0 aliphatic heterocycles. The molecule has 1 unspecified atom stereocenters. The summed E-state index contributed by atoms with van der Waals surface area (Å²) in [5.41, 5.74) is 0.207. The van der Waals surface area contributed by atoms with E-state index in [2.05, 4.69) is 5.32 Å². The molecular weight excluding hydrogens is 256 g/mol. The van der Waals surface area contributed by atoms with E-state index in [4.69, 9.17) is 5.11 Å². The molecule has 0 saturated carbocycles. The molecule has 19 heavy (non-hydrogen) atoms. The highest BCUT2D eigenvalue weighted by molar-refractivity contribution is 5.83. The molecule has 4 nitrogen and oxygen atoms in total. The summed E-state index contributed by atoms with van der Waals surface area (Å²) >= 11 is 0. The third-order valence-corrected chi connectivity index (χ3v) is 2.61. The molecule has 1 aromatic rings. The molecule has 0 fully saturated rings. The van der Waals surface area contributed by atoms with Crippen LogP contribution >= 0.6 is 0 Å². The summed E-state index contributed by atoms with van der Waals surface area (Å²) in [7, 11) is 0. The lowest BCUT2D eigenvalue weighted by Gasteiger charge is -2.09. The van der Waals surface area contributed by atoms with Gasteiger partial charge < -0.3 is 10.4 Å². The van der Waals surface area contributed by atoms with E-state index in [-0.39, 0.29) is 18.4 Å². The van der Waals surface area contributed by atoms with Gasteiger partial charge in [0.25, 0.3) is 0 Å². The van der Waals surface area contributed by atoms with Crippen molar-refractivity contribution < 1.29 is 23.5 Å². The van der Waals surface area contributed by atoms with Crippen molar-refractivity contribution in [1.29, 1.82) is 0 Å². The maximum atomic E-state index is 13.3. The van der Waals surface area contributed by atoms with Crippen LogP contribution in [0.2, 0.25) is 0 Å². The first-order valence-electron chi connectivity index (χ1n) is 5.86. The second-order valence-electron chi connectivity index (χ2n) is 4.22. The Hall–Kier alpha value is -1.98. The number of rotatable bonds is 6. The van der Waals surface area contributed by atoms with Crippen molar-refractivity contribution in [3.63, 3.8) is 0 Å². The number of amides is 1. The number of aliphatic carboxylic acids is 1. The van der Waals surface area contributed by atoms with Crippen molar-refractivity contribution in [3.8, 4) is 0 Å². The first-order valence-corrected chi connectivity index (χ1v) is 5.86. The minimum Gasteiger partial charge on any atom is -0.480 e. The Morgan fingerprint density at radius 1 is 1.37 bits per heavy atom. The van der Waals surface area contributed by atoms with Gasteiger partial charge in [-0.2, -0.15) is 0 Å². The number of carbonyl (C=O) groups is 2. The summed E-state index contributed by atoms with van der Waals surface area (Å²) in [5, 5.41) is 10.9. The highest BCUT2D eigenvalue weighted by Gasteiger charge is 2.13. The Balaban J connectivity index is 2.40. The molecule has 1 atom stereocenters. The SMILES string of the molecule is CC(NC(=O)CCCc1cc(F)ccc1F)C(=O)O. The van der Waals surface area contributed by atoms with Crippen molar-refractivity contribution in [1.82, 2.24) is 5.32 Å². The van der Waals surface area contributed by atoms with Gasteiger partial charge in [-0.25, -0.2) is 8.78 Å². The summed E-state index contributed by atoms with van der Waals surface area (Å²) in [4.78, 5) is 21.9. The fraction of sp³-hybridized carbons (Fsp3) is 0.385. The molecule has 2 N–H and O–H groups in total. The Morgan fingerprint density at radius 3 is 2.68 bits per heavy atom. The predicted octanol–water partition coefficient (Wildman–Crippen LogP) is 1.88. The maximum absolute atomic E-state index is 13.3. The van der Waals surface area contributed by atoms with Gasteiger partial charge in [-0.05, 0) is 43.5 Å². The van der Waals surface area contributed by atoms with E-state index in [0.717, 1.165) is 18.2 Å². The Labute approximate surface area is 109 Å². The molecule has 0 spiro atoms. The Bertz CT molecular complexity index is 477. The minimum absolute atomic E-state index is 0.0631. The molecule has 1 aromatic carbocycles.